The molecule has 1 N–H and O–H groups in total. The number of alkyl carbamates (subject to hydrolysis) is 1. The molecule has 0 spiro atoms. The highest BCUT2D eigenvalue weighted by Gasteiger charge is 2.16. The van der Waals surface area contributed by atoms with Crippen LogP contribution in [-0.4, -0.2) is 75.0 Å². The number of carbonyl (C=O) groups excluding carboxylic acids is 1. The largest absolute Gasteiger partial charge is 0.444 e. The second kappa shape index (κ2) is 17.1. The summed E-state index contributed by atoms with van der Waals surface area (Å²) in [7, 11) is 0. The Hall–Kier alpha value is -2.52. The highest BCUT2D eigenvalue weighted by molar-refractivity contribution is 5.67. The van der Waals surface area contributed by atoms with Crippen molar-refractivity contribution < 1.29 is 28.1 Å². The van der Waals surface area contributed by atoms with Gasteiger partial charge in [0.05, 0.1) is 39.1 Å². The van der Waals surface area contributed by atoms with E-state index in [9.17, 15) is 9.18 Å². The topological polar surface area (TPSA) is 69.3 Å². The van der Waals surface area contributed by atoms with Gasteiger partial charge in [0.25, 0.3) is 0 Å². The number of benzene rings is 2. The van der Waals surface area contributed by atoms with E-state index in [1.165, 1.54) is 0 Å². The number of alkyl halides is 1. The quantitative estimate of drug-likeness (QED) is 0.298. The average molecular weight is 519 g/mol. The monoisotopic (exact) mass is 518 g/mol. The molecule has 2 atom stereocenters. The molecule has 2 aromatic carbocycles. The number of hydrogen-bond donors (Lipinski definition) is 1. The first kappa shape index (κ1) is 30.7. The summed E-state index contributed by atoms with van der Waals surface area (Å²) in [6.07, 6.45) is -1.76. The van der Waals surface area contributed by atoms with Gasteiger partial charge in [0.1, 0.15) is 11.8 Å². The van der Waals surface area contributed by atoms with Crippen molar-refractivity contribution >= 4 is 6.09 Å². The number of halogens is 1. The number of carbonyl (C=O) groups is 1. The minimum absolute atomic E-state index is 0.0145. The first-order chi connectivity index (χ1) is 17.7. The van der Waals surface area contributed by atoms with Crippen molar-refractivity contribution in [1.29, 1.82) is 0 Å². The van der Waals surface area contributed by atoms with E-state index < -0.39 is 17.9 Å². The standard InChI is InChI=1S/C29H43FN2O5/c1-24(36-18-17-34-16-15-31-28(33)37-29(2,3)4)22-35-23-27(30)21-32(19-25-11-7-5-8-12-25)20-26-13-9-6-10-14-26/h5-14,24,27H,15-23H2,1-4H3,(H,31,33). The normalized spacial score (nSPS) is 13.4. The van der Waals surface area contributed by atoms with Crippen molar-refractivity contribution in [2.75, 3.05) is 46.1 Å². The van der Waals surface area contributed by atoms with Gasteiger partial charge in [0.15, 0.2) is 0 Å². The summed E-state index contributed by atoms with van der Waals surface area (Å²) >= 11 is 0. The zero-order valence-corrected chi connectivity index (χ0v) is 22.7. The minimum atomic E-state index is -1.11. The Morgan fingerprint density at radius 3 is 2.05 bits per heavy atom. The van der Waals surface area contributed by atoms with Crippen molar-refractivity contribution in [2.24, 2.45) is 0 Å². The molecule has 0 heterocycles. The third-order valence-electron chi connectivity index (χ3n) is 5.15. The van der Waals surface area contributed by atoms with Gasteiger partial charge < -0.3 is 24.3 Å². The summed E-state index contributed by atoms with van der Waals surface area (Å²) in [5, 5.41) is 2.63. The lowest BCUT2D eigenvalue weighted by Gasteiger charge is -2.25. The molecule has 0 bridgehead atoms. The predicted molar refractivity (Wildman–Crippen MR) is 143 cm³/mol. The van der Waals surface area contributed by atoms with E-state index in [2.05, 4.69) is 34.5 Å². The van der Waals surface area contributed by atoms with Crippen LogP contribution in [0.2, 0.25) is 0 Å². The highest BCUT2D eigenvalue weighted by Crippen LogP contribution is 2.12. The van der Waals surface area contributed by atoms with E-state index >= 15 is 0 Å². The van der Waals surface area contributed by atoms with Gasteiger partial charge in [-0.25, -0.2) is 9.18 Å². The van der Waals surface area contributed by atoms with Gasteiger partial charge in [-0.15, -0.1) is 0 Å². The molecular weight excluding hydrogens is 475 g/mol. The third-order valence-corrected chi connectivity index (χ3v) is 5.15. The first-order valence-corrected chi connectivity index (χ1v) is 12.9. The maximum atomic E-state index is 14.8. The summed E-state index contributed by atoms with van der Waals surface area (Å²) in [6.45, 7) is 10.8. The molecule has 206 valence electrons. The molecule has 0 aliphatic heterocycles. The SMILES string of the molecule is CC(COCC(F)CN(Cc1ccccc1)Cc1ccccc1)OCCOCCNC(=O)OC(C)(C)C. The summed E-state index contributed by atoms with van der Waals surface area (Å²) in [5.41, 5.74) is 1.77. The zero-order valence-electron chi connectivity index (χ0n) is 22.7. The van der Waals surface area contributed by atoms with Crippen LogP contribution in [-0.2, 0) is 32.0 Å². The van der Waals surface area contributed by atoms with Crippen molar-refractivity contribution in [1.82, 2.24) is 10.2 Å². The third kappa shape index (κ3) is 15.4. The van der Waals surface area contributed by atoms with E-state index in [0.29, 0.717) is 46.1 Å². The van der Waals surface area contributed by atoms with Gasteiger partial charge in [0, 0.05) is 26.2 Å². The van der Waals surface area contributed by atoms with Gasteiger partial charge in [-0.2, -0.15) is 0 Å². The van der Waals surface area contributed by atoms with Crippen molar-refractivity contribution in [2.45, 2.75) is 58.7 Å². The van der Waals surface area contributed by atoms with Crippen LogP contribution in [0.25, 0.3) is 0 Å². The zero-order chi connectivity index (χ0) is 26.9. The number of rotatable bonds is 17. The molecule has 0 aromatic heterocycles. The Balaban J connectivity index is 1.59. The van der Waals surface area contributed by atoms with Crippen LogP contribution in [0.4, 0.5) is 9.18 Å². The summed E-state index contributed by atoms with van der Waals surface area (Å²) in [5.74, 6) is 0. The molecule has 2 aromatic rings. The molecule has 0 fully saturated rings. The molecule has 2 rings (SSSR count). The Morgan fingerprint density at radius 2 is 1.49 bits per heavy atom. The van der Waals surface area contributed by atoms with Crippen LogP contribution in [0.5, 0.6) is 0 Å². The lowest BCUT2D eigenvalue weighted by atomic mass is 10.1. The van der Waals surface area contributed by atoms with Gasteiger partial charge >= 0.3 is 6.09 Å². The van der Waals surface area contributed by atoms with Crippen LogP contribution >= 0.6 is 0 Å². The molecule has 1 amide bonds. The highest BCUT2D eigenvalue weighted by atomic mass is 19.1. The van der Waals surface area contributed by atoms with Gasteiger partial charge in [-0.05, 0) is 38.8 Å². The fraction of sp³-hybridized carbons (Fsp3) is 0.552. The molecule has 7 nitrogen and oxygen atoms in total. The Morgan fingerprint density at radius 1 is 0.892 bits per heavy atom. The van der Waals surface area contributed by atoms with Crippen LogP contribution in [0.3, 0.4) is 0 Å². The summed E-state index contributed by atoms with van der Waals surface area (Å²) < 4.78 is 36.7. The minimum Gasteiger partial charge on any atom is -0.444 e. The second-order valence-electron chi connectivity index (χ2n) is 10.00. The number of ether oxygens (including phenoxy) is 4. The Bertz CT molecular complexity index is 822. The Kier molecular flexibility index (Phi) is 14.2. The van der Waals surface area contributed by atoms with Crippen LogP contribution in [0.1, 0.15) is 38.8 Å². The number of nitrogens with one attached hydrogen (secondary N) is 1. The smallest absolute Gasteiger partial charge is 0.407 e. The molecule has 0 radical (unpaired) electrons. The lowest BCUT2D eigenvalue weighted by molar-refractivity contribution is -0.0400. The second-order valence-corrected chi connectivity index (χ2v) is 10.00. The maximum absolute atomic E-state index is 14.8. The summed E-state index contributed by atoms with van der Waals surface area (Å²) in [6, 6.07) is 20.2. The van der Waals surface area contributed by atoms with Gasteiger partial charge in [-0.3, -0.25) is 4.90 Å². The molecule has 0 saturated heterocycles. The predicted octanol–water partition coefficient (Wildman–Crippen LogP) is 4.99. The van der Waals surface area contributed by atoms with Crippen molar-refractivity contribution in [3.63, 3.8) is 0 Å². The van der Waals surface area contributed by atoms with Crippen LogP contribution < -0.4 is 5.32 Å². The molecule has 37 heavy (non-hydrogen) atoms. The van der Waals surface area contributed by atoms with E-state index in [1.54, 1.807) is 0 Å². The molecular formula is C29H43FN2O5. The molecule has 2 unspecified atom stereocenters. The molecule has 0 aliphatic rings. The van der Waals surface area contributed by atoms with E-state index in [-0.39, 0.29) is 19.3 Å². The fourth-order valence-electron chi connectivity index (χ4n) is 3.56. The van der Waals surface area contributed by atoms with Crippen molar-refractivity contribution in [3.8, 4) is 0 Å². The van der Waals surface area contributed by atoms with Crippen LogP contribution in [0.15, 0.2) is 60.7 Å². The number of nitrogens with zero attached hydrogens (tertiary/aromatic N) is 1. The number of hydrogen-bond acceptors (Lipinski definition) is 6. The molecule has 0 aliphatic carbocycles. The lowest BCUT2D eigenvalue weighted by Crippen LogP contribution is -2.34. The average Bonchev–Trinajstić information content (AvgIpc) is 2.83. The van der Waals surface area contributed by atoms with E-state index in [4.69, 9.17) is 18.9 Å². The Labute approximate surface area is 221 Å². The molecule has 0 saturated carbocycles. The number of amides is 1. The van der Waals surface area contributed by atoms with E-state index in [0.717, 1.165) is 11.1 Å². The van der Waals surface area contributed by atoms with Crippen molar-refractivity contribution in [3.05, 3.63) is 71.8 Å². The van der Waals surface area contributed by atoms with Crippen LogP contribution in [0, 0.1) is 0 Å². The maximum Gasteiger partial charge on any atom is 0.407 e. The van der Waals surface area contributed by atoms with Gasteiger partial charge in [0.2, 0.25) is 0 Å². The first-order valence-electron chi connectivity index (χ1n) is 12.9. The van der Waals surface area contributed by atoms with Gasteiger partial charge in [-0.1, -0.05) is 60.7 Å². The summed E-state index contributed by atoms with van der Waals surface area (Å²) in [4.78, 5) is 13.7. The van der Waals surface area contributed by atoms with E-state index in [1.807, 2.05) is 64.1 Å². The fourth-order valence-corrected chi connectivity index (χ4v) is 3.56. The molecule has 8 heteroatoms.